The van der Waals surface area contributed by atoms with Crippen molar-refractivity contribution in [2.75, 3.05) is 14.1 Å². The van der Waals surface area contributed by atoms with Crippen LogP contribution in [0.1, 0.15) is 0 Å². The van der Waals surface area contributed by atoms with Gasteiger partial charge in [0, 0.05) is 14.1 Å². The van der Waals surface area contributed by atoms with Crippen LogP contribution in [0.5, 0.6) is 0 Å². The van der Waals surface area contributed by atoms with Gasteiger partial charge in [-0.2, -0.15) is 0 Å². The van der Waals surface area contributed by atoms with Crippen molar-refractivity contribution in [1.29, 1.82) is 0 Å². The van der Waals surface area contributed by atoms with Crippen molar-refractivity contribution in [3.63, 3.8) is 0 Å². The molecule has 0 radical (unpaired) electrons. The summed E-state index contributed by atoms with van der Waals surface area (Å²) in [6.07, 6.45) is -2.94. The minimum absolute atomic E-state index is 0.458. The Morgan fingerprint density at radius 3 is 1.55 bits per heavy atom. The molecular weight excluding hydrogens is 172 g/mol. The Bertz CT molecular complexity index is 155. The molecule has 0 aromatic rings. The summed E-state index contributed by atoms with van der Waals surface area (Å²) in [5.74, 6) is 0. The molecular formula is C4H6N2O4S-2. The van der Waals surface area contributed by atoms with E-state index in [0.29, 0.717) is 20.7 Å². The van der Waals surface area contributed by atoms with Crippen molar-refractivity contribution in [2.24, 2.45) is 0 Å². The van der Waals surface area contributed by atoms with E-state index in [1.54, 1.807) is 0 Å². The summed E-state index contributed by atoms with van der Waals surface area (Å²) in [5.41, 5.74) is 0. The van der Waals surface area contributed by atoms with Gasteiger partial charge >= 0.3 is 0 Å². The summed E-state index contributed by atoms with van der Waals surface area (Å²) < 4.78 is 1.27. The summed E-state index contributed by atoms with van der Waals surface area (Å²) in [6, 6.07) is 0. The third-order valence-electron chi connectivity index (χ3n) is 0.759. The van der Waals surface area contributed by atoms with Gasteiger partial charge in [0.05, 0.1) is 12.1 Å². The zero-order valence-corrected chi connectivity index (χ0v) is 6.75. The van der Waals surface area contributed by atoms with Gasteiger partial charge in [0.1, 0.15) is 12.2 Å². The molecule has 7 heteroatoms. The molecule has 0 saturated carbocycles. The van der Waals surface area contributed by atoms with E-state index in [-0.39, 0.29) is 0 Å². The van der Waals surface area contributed by atoms with Crippen LogP contribution in [0.3, 0.4) is 0 Å². The lowest BCUT2D eigenvalue weighted by atomic mass is 11.1. The van der Waals surface area contributed by atoms with Gasteiger partial charge < -0.3 is 19.8 Å². The van der Waals surface area contributed by atoms with Crippen LogP contribution in [0.2, 0.25) is 0 Å². The molecule has 0 unspecified atom stereocenters. The van der Waals surface area contributed by atoms with Crippen molar-refractivity contribution < 1.29 is 19.8 Å². The Morgan fingerprint density at radius 2 is 1.36 bits per heavy atom. The summed E-state index contributed by atoms with van der Waals surface area (Å²) in [4.78, 5) is 20.0. The van der Waals surface area contributed by atoms with E-state index in [1.165, 1.54) is 14.1 Å². The topological polar surface area (TPSA) is 86.7 Å². The molecule has 0 aliphatic rings. The van der Waals surface area contributed by atoms with Gasteiger partial charge in [0.25, 0.3) is 0 Å². The molecule has 0 fully saturated rings. The highest BCUT2D eigenvalue weighted by Gasteiger charge is 2.03. The predicted octanol–water partition coefficient (Wildman–Crippen LogP) is -1.90. The average molecular weight is 178 g/mol. The van der Waals surface area contributed by atoms with E-state index < -0.39 is 12.2 Å². The lowest BCUT2D eigenvalue weighted by Gasteiger charge is -2.25. The molecule has 0 aromatic carbocycles. The van der Waals surface area contributed by atoms with Crippen LogP contribution in [0.25, 0.3) is 0 Å². The molecule has 0 aliphatic carbocycles. The Kier molecular flexibility index (Phi) is 3.52. The molecule has 2 amide bonds. The lowest BCUT2D eigenvalue weighted by molar-refractivity contribution is -0.259. The van der Waals surface area contributed by atoms with E-state index in [0.717, 1.165) is 0 Å². The first-order chi connectivity index (χ1) is 4.95. The third-order valence-corrected chi connectivity index (χ3v) is 1.55. The normalized spacial score (nSPS) is 8.91. The van der Waals surface area contributed by atoms with E-state index in [9.17, 15) is 19.8 Å². The second-order valence-corrected chi connectivity index (χ2v) is 2.87. The highest BCUT2D eigenvalue weighted by atomic mass is 32.2. The Balaban J connectivity index is 3.84. The molecule has 0 rings (SSSR count). The van der Waals surface area contributed by atoms with E-state index in [4.69, 9.17) is 0 Å². The van der Waals surface area contributed by atoms with Crippen LogP contribution in [-0.2, 0) is 0 Å². The first-order valence-electron chi connectivity index (χ1n) is 2.52. The zero-order valence-electron chi connectivity index (χ0n) is 5.94. The first kappa shape index (κ1) is 9.89. The molecule has 6 nitrogen and oxygen atoms in total. The summed E-state index contributed by atoms with van der Waals surface area (Å²) in [7, 11) is 2.33. The fraction of sp³-hybridized carbons (Fsp3) is 0.500. The SMILES string of the molecule is CN(SN(C)C(=O)[O-])C(=O)[O-]. The number of hydrogen-bond acceptors (Lipinski definition) is 5. The number of amides is 2. The van der Waals surface area contributed by atoms with Crippen molar-refractivity contribution in [2.45, 2.75) is 0 Å². The summed E-state index contributed by atoms with van der Waals surface area (Å²) in [5, 5.41) is 20.0. The highest BCUT2D eigenvalue weighted by molar-refractivity contribution is 7.95. The van der Waals surface area contributed by atoms with Crippen LogP contribution >= 0.6 is 12.1 Å². The smallest absolute Gasteiger partial charge is 0.148 e. The fourth-order valence-electron chi connectivity index (χ4n) is 0.250. The number of rotatable bonds is 2. The zero-order chi connectivity index (χ0) is 9.02. The molecule has 0 N–H and O–H groups in total. The lowest BCUT2D eigenvalue weighted by Crippen LogP contribution is -2.40. The third kappa shape index (κ3) is 3.56. The molecule has 0 saturated heterocycles. The number of carboxylic acid groups (broad SMARTS) is 2. The Labute approximate surface area is 67.7 Å². The van der Waals surface area contributed by atoms with Gasteiger partial charge in [-0.25, -0.2) is 0 Å². The standard InChI is InChI=1S/C4H8N2O4S/c1-5(3(7)8)11-6(2)4(9)10/h1-2H3,(H,7,8)(H,9,10)/p-2. The largest absolute Gasteiger partial charge is 0.529 e. The molecule has 0 bridgehead atoms. The molecule has 64 valence electrons. The van der Waals surface area contributed by atoms with E-state index in [1.807, 2.05) is 0 Å². The van der Waals surface area contributed by atoms with E-state index >= 15 is 0 Å². The maximum absolute atomic E-state index is 10.0. The minimum atomic E-state index is -1.47. The van der Waals surface area contributed by atoms with Crippen LogP contribution < -0.4 is 10.2 Å². The number of nitrogens with zero attached hydrogens (tertiary/aromatic N) is 2. The van der Waals surface area contributed by atoms with Crippen molar-refractivity contribution in [3.05, 3.63) is 0 Å². The number of hydrogen-bond donors (Lipinski definition) is 0. The second-order valence-electron chi connectivity index (χ2n) is 1.61. The molecule has 0 aromatic heterocycles. The van der Waals surface area contributed by atoms with Gasteiger partial charge in [-0.1, -0.05) is 0 Å². The summed E-state index contributed by atoms with van der Waals surface area (Å²) >= 11 is 0.458. The van der Waals surface area contributed by atoms with E-state index in [2.05, 4.69) is 0 Å². The summed E-state index contributed by atoms with van der Waals surface area (Å²) in [6.45, 7) is 0. The van der Waals surface area contributed by atoms with Gasteiger partial charge in [0.15, 0.2) is 0 Å². The van der Waals surface area contributed by atoms with Crippen LogP contribution in [0.15, 0.2) is 0 Å². The second kappa shape index (κ2) is 3.91. The van der Waals surface area contributed by atoms with Gasteiger partial charge in [-0.3, -0.25) is 8.61 Å². The quantitative estimate of drug-likeness (QED) is 0.461. The van der Waals surface area contributed by atoms with Gasteiger partial charge in [-0.05, 0) is 0 Å². The maximum Gasteiger partial charge on any atom is 0.148 e. The highest BCUT2D eigenvalue weighted by Crippen LogP contribution is 2.09. The van der Waals surface area contributed by atoms with Gasteiger partial charge in [0.2, 0.25) is 0 Å². The van der Waals surface area contributed by atoms with Crippen LogP contribution in [0.4, 0.5) is 9.59 Å². The Morgan fingerprint density at radius 1 is 1.09 bits per heavy atom. The molecule has 0 spiro atoms. The molecule has 0 heterocycles. The van der Waals surface area contributed by atoms with Crippen LogP contribution in [0, 0.1) is 0 Å². The van der Waals surface area contributed by atoms with Gasteiger partial charge in [-0.15, -0.1) is 0 Å². The monoisotopic (exact) mass is 178 g/mol. The Hall–Kier alpha value is -1.11. The predicted molar refractivity (Wildman–Crippen MR) is 33.9 cm³/mol. The average Bonchev–Trinajstić information content (AvgIpc) is 1.87. The van der Waals surface area contributed by atoms with Crippen molar-refractivity contribution in [1.82, 2.24) is 8.61 Å². The molecule has 0 aliphatic heterocycles. The first-order valence-corrected chi connectivity index (χ1v) is 3.25. The molecule has 0 atom stereocenters. The van der Waals surface area contributed by atoms with Crippen molar-refractivity contribution >= 4 is 24.3 Å². The van der Waals surface area contributed by atoms with Crippen molar-refractivity contribution in [3.8, 4) is 0 Å². The number of carbonyl (C=O) groups excluding carboxylic acids is 2. The fourth-order valence-corrected chi connectivity index (χ4v) is 0.751. The van der Waals surface area contributed by atoms with Crippen LogP contribution in [-0.4, -0.2) is 34.9 Å². The minimum Gasteiger partial charge on any atom is -0.529 e. The maximum atomic E-state index is 10.0. The number of carbonyl (C=O) groups is 2. The molecule has 11 heavy (non-hydrogen) atoms.